The molecule has 0 saturated carbocycles. The van der Waals surface area contributed by atoms with Crippen LogP contribution in [0.5, 0.6) is 5.75 Å². The molecule has 0 aromatic heterocycles. The number of carbonyl (C=O) groups excluding carboxylic acids is 3. The summed E-state index contributed by atoms with van der Waals surface area (Å²) in [5.41, 5.74) is 2.28. The quantitative estimate of drug-likeness (QED) is 0.708. The summed E-state index contributed by atoms with van der Waals surface area (Å²) in [7, 11) is 1.51. The summed E-state index contributed by atoms with van der Waals surface area (Å²) in [4.78, 5) is 38.8. The largest absolute Gasteiger partial charge is 0.495 e. The molecule has 1 saturated heterocycles. The molecule has 30 heavy (non-hydrogen) atoms. The number of carbonyl (C=O) groups is 3. The predicted molar refractivity (Wildman–Crippen MR) is 116 cm³/mol. The number of hydrogen-bond acceptors (Lipinski definition) is 4. The minimum atomic E-state index is -0.558. The Labute approximate surface area is 180 Å². The molecule has 3 rings (SSSR count). The third-order valence-electron chi connectivity index (χ3n) is 5.02. The number of amides is 3. The van der Waals surface area contributed by atoms with Gasteiger partial charge in [0.05, 0.1) is 25.3 Å². The molecule has 1 heterocycles. The van der Waals surface area contributed by atoms with Gasteiger partial charge in [0.15, 0.2) is 0 Å². The fourth-order valence-electron chi connectivity index (χ4n) is 3.45. The Balaban J connectivity index is 1.58. The summed E-state index contributed by atoms with van der Waals surface area (Å²) in [6, 6.07) is 12.5. The van der Waals surface area contributed by atoms with Crippen molar-refractivity contribution in [3.63, 3.8) is 0 Å². The molecule has 7 nitrogen and oxygen atoms in total. The zero-order chi connectivity index (χ0) is 21.7. The second-order valence-corrected chi connectivity index (χ2v) is 7.43. The van der Waals surface area contributed by atoms with E-state index in [0.29, 0.717) is 16.5 Å². The third kappa shape index (κ3) is 4.91. The van der Waals surface area contributed by atoms with E-state index in [2.05, 4.69) is 10.6 Å². The van der Waals surface area contributed by atoms with Crippen LogP contribution < -0.4 is 20.3 Å². The molecule has 2 aromatic rings. The smallest absolute Gasteiger partial charge is 0.243 e. The van der Waals surface area contributed by atoms with Gasteiger partial charge in [-0.05, 0) is 36.2 Å². The average Bonchev–Trinajstić information content (AvgIpc) is 3.14. The van der Waals surface area contributed by atoms with Crippen molar-refractivity contribution in [2.45, 2.75) is 19.8 Å². The van der Waals surface area contributed by atoms with Crippen molar-refractivity contribution in [1.82, 2.24) is 5.32 Å². The lowest BCUT2D eigenvalue weighted by Crippen LogP contribution is -2.38. The number of halogens is 1. The summed E-state index contributed by atoms with van der Waals surface area (Å²) in [6.45, 7) is 2.04. The molecule has 1 atom stereocenters. The van der Waals surface area contributed by atoms with Crippen LogP contribution in [0.2, 0.25) is 5.02 Å². The van der Waals surface area contributed by atoms with Crippen molar-refractivity contribution >= 4 is 40.7 Å². The normalized spacial score (nSPS) is 15.8. The Morgan fingerprint density at radius 3 is 2.73 bits per heavy atom. The van der Waals surface area contributed by atoms with E-state index in [0.717, 1.165) is 17.7 Å². The number of aryl methyl sites for hydroxylation is 1. The summed E-state index contributed by atoms with van der Waals surface area (Å²) in [6.07, 6.45) is 0.845. The maximum absolute atomic E-state index is 12.5. The van der Waals surface area contributed by atoms with E-state index in [1.54, 1.807) is 18.2 Å². The minimum absolute atomic E-state index is 0.0573. The van der Waals surface area contributed by atoms with Crippen LogP contribution in [0.4, 0.5) is 11.4 Å². The van der Waals surface area contributed by atoms with Crippen LogP contribution in [0, 0.1) is 5.92 Å². The van der Waals surface area contributed by atoms with E-state index in [-0.39, 0.29) is 37.2 Å². The summed E-state index contributed by atoms with van der Waals surface area (Å²) < 4.78 is 5.31. The van der Waals surface area contributed by atoms with Gasteiger partial charge in [0, 0.05) is 23.7 Å². The third-order valence-corrected chi connectivity index (χ3v) is 5.26. The predicted octanol–water partition coefficient (Wildman–Crippen LogP) is 3.02. The Morgan fingerprint density at radius 1 is 1.23 bits per heavy atom. The maximum atomic E-state index is 12.5. The van der Waals surface area contributed by atoms with E-state index < -0.39 is 5.92 Å². The zero-order valence-electron chi connectivity index (χ0n) is 16.9. The Morgan fingerprint density at radius 2 is 2.00 bits per heavy atom. The van der Waals surface area contributed by atoms with Crippen LogP contribution in [0.1, 0.15) is 18.9 Å². The standard InChI is InChI=1S/C22H24ClN3O4/c1-3-14-6-4-5-7-17(14)25-20(27)12-24-22(29)15-10-21(28)26(13-15)18-11-16(23)8-9-19(18)30-2/h4-9,11,15H,3,10,12-13H2,1-2H3,(H,24,29)(H,25,27). The van der Waals surface area contributed by atoms with E-state index in [4.69, 9.17) is 16.3 Å². The van der Waals surface area contributed by atoms with Gasteiger partial charge in [-0.2, -0.15) is 0 Å². The van der Waals surface area contributed by atoms with E-state index in [1.165, 1.54) is 12.0 Å². The molecule has 0 radical (unpaired) electrons. The van der Waals surface area contributed by atoms with Gasteiger partial charge in [0.2, 0.25) is 17.7 Å². The fraction of sp³-hybridized carbons (Fsp3) is 0.318. The number of ether oxygens (including phenoxy) is 1. The molecule has 0 bridgehead atoms. The van der Waals surface area contributed by atoms with Crippen molar-refractivity contribution in [2.75, 3.05) is 30.4 Å². The van der Waals surface area contributed by atoms with Gasteiger partial charge >= 0.3 is 0 Å². The lowest BCUT2D eigenvalue weighted by molar-refractivity contribution is -0.127. The van der Waals surface area contributed by atoms with Crippen molar-refractivity contribution in [3.8, 4) is 5.75 Å². The van der Waals surface area contributed by atoms with Crippen LogP contribution in [0.25, 0.3) is 0 Å². The maximum Gasteiger partial charge on any atom is 0.243 e. The summed E-state index contributed by atoms with van der Waals surface area (Å²) in [5.74, 6) is -0.913. The molecular formula is C22H24ClN3O4. The Bertz CT molecular complexity index is 963. The second kappa shape index (κ2) is 9.63. The summed E-state index contributed by atoms with van der Waals surface area (Å²) in [5, 5.41) is 5.91. The van der Waals surface area contributed by atoms with Crippen molar-refractivity contribution in [1.29, 1.82) is 0 Å². The first kappa shape index (κ1) is 21.6. The lowest BCUT2D eigenvalue weighted by atomic mass is 10.1. The monoisotopic (exact) mass is 429 g/mol. The van der Waals surface area contributed by atoms with Gasteiger partial charge in [0.1, 0.15) is 5.75 Å². The van der Waals surface area contributed by atoms with E-state index in [9.17, 15) is 14.4 Å². The first-order valence-corrected chi connectivity index (χ1v) is 10.1. The molecule has 3 amide bonds. The molecule has 2 N–H and O–H groups in total. The molecule has 0 aliphatic carbocycles. The van der Waals surface area contributed by atoms with Crippen LogP contribution >= 0.6 is 11.6 Å². The fourth-order valence-corrected chi connectivity index (χ4v) is 3.61. The van der Waals surface area contributed by atoms with Crippen LogP contribution in [0.15, 0.2) is 42.5 Å². The van der Waals surface area contributed by atoms with Gasteiger partial charge in [-0.1, -0.05) is 36.7 Å². The van der Waals surface area contributed by atoms with Gasteiger partial charge < -0.3 is 20.3 Å². The van der Waals surface area contributed by atoms with Crippen molar-refractivity contribution in [3.05, 3.63) is 53.1 Å². The number of para-hydroxylation sites is 1. The number of benzene rings is 2. The topological polar surface area (TPSA) is 87.7 Å². The van der Waals surface area contributed by atoms with Crippen LogP contribution in [0.3, 0.4) is 0 Å². The number of nitrogens with one attached hydrogen (secondary N) is 2. The second-order valence-electron chi connectivity index (χ2n) is 7.00. The number of methoxy groups -OCH3 is 1. The van der Waals surface area contributed by atoms with Gasteiger partial charge in [-0.25, -0.2) is 0 Å². The minimum Gasteiger partial charge on any atom is -0.495 e. The number of anilines is 2. The van der Waals surface area contributed by atoms with Crippen molar-refractivity contribution in [2.24, 2.45) is 5.92 Å². The molecule has 158 valence electrons. The first-order valence-electron chi connectivity index (χ1n) is 9.72. The van der Waals surface area contributed by atoms with Crippen molar-refractivity contribution < 1.29 is 19.1 Å². The van der Waals surface area contributed by atoms with Gasteiger partial charge in [-0.15, -0.1) is 0 Å². The molecule has 1 fully saturated rings. The molecule has 1 aliphatic rings. The van der Waals surface area contributed by atoms with Crippen LogP contribution in [-0.4, -0.2) is 37.9 Å². The number of rotatable bonds is 7. The van der Waals surface area contributed by atoms with Gasteiger partial charge in [0.25, 0.3) is 0 Å². The number of nitrogens with zero attached hydrogens (tertiary/aromatic N) is 1. The Hall–Kier alpha value is -3.06. The average molecular weight is 430 g/mol. The molecular weight excluding hydrogens is 406 g/mol. The molecule has 8 heteroatoms. The molecule has 1 unspecified atom stereocenters. The molecule has 1 aliphatic heterocycles. The molecule has 0 spiro atoms. The van der Waals surface area contributed by atoms with E-state index >= 15 is 0 Å². The highest BCUT2D eigenvalue weighted by Crippen LogP contribution is 2.35. The zero-order valence-corrected chi connectivity index (χ0v) is 17.7. The Kier molecular flexibility index (Phi) is 6.95. The van der Waals surface area contributed by atoms with E-state index in [1.807, 2.05) is 31.2 Å². The SMILES string of the molecule is CCc1ccccc1NC(=O)CNC(=O)C1CC(=O)N(c2cc(Cl)ccc2OC)C1. The number of hydrogen-bond donors (Lipinski definition) is 2. The highest BCUT2D eigenvalue weighted by atomic mass is 35.5. The molecule has 2 aromatic carbocycles. The highest BCUT2D eigenvalue weighted by molar-refractivity contribution is 6.31. The van der Waals surface area contributed by atoms with Crippen LogP contribution in [-0.2, 0) is 20.8 Å². The van der Waals surface area contributed by atoms with Gasteiger partial charge in [-0.3, -0.25) is 14.4 Å². The highest BCUT2D eigenvalue weighted by Gasteiger charge is 2.36. The lowest BCUT2D eigenvalue weighted by Gasteiger charge is -2.20. The summed E-state index contributed by atoms with van der Waals surface area (Å²) >= 11 is 6.05. The first-order chi connectivity index (χ1) is 14.4.